The second-order valence-corrected chi connectivity index (χ2v) is 6.02. The third-order valence-corrected chi connectivity index (χ3v) is 4.52. The average molecular weight is 292 g/mol. The fourth-order valence-electron chi connectivity index (χ4n) is 3.39. The lowest BCUT2D eigenvalue weighted by Gasteiger charge is -2.40. The van der Waals surface area contributed by atoms with Crippen LogP contribution in [-0.2, 0) is 4.74 Å². The van der Waals surface area contributed by atoms with Crippen molar-refractivity contribution in [3.8, 4) is 0 Å². The van der Waals surface area contributed by atoms with Crippen molar-refractivity contribution >= 4 is 5.91 Å². The smallest absolute Gasteiger partial charge is 0.257 e. The zero-order valence-corrected chi connectivity index (χ0v) is 12.9. The van der Waals surface area contributed by atoms with Gasteiger partial charge in [0.05, 0.1) is 18.8 Å². The van der Waals surface area contributed by atoms with Gasteiger partial charge in [-0.3, -0.25) is 9.69 Å². The molecule has 1 amide bonds. The average Bonchev–Trinajstić information content (AvgIpc) is 2.86. The Hall–Kier alpha value is -1.33. The number of ether oxygens (including phenoxy) is 1. The van der Waals surface area contributed by atoms with Crippen molar-refractivity contribution in [3.63, 3.8) is 0 Å². The highest BCUT2D eigenvalue weighted by molar-refractivity contribution is 5.95. The number of rotatable bonds is 2. The molecule has 0 aromatic carbocycles. The summed E-state index contributed by atoms with van der Waals surface area (Å²) in [5.41, 5.74) is 0.718. The second kappa shape index (κ2) is 6.20. The van der Waals surface area contributed by atoms with Crippen LogP contribution in [0.25, 0.3) is 0 Å². The van der Waals surface area contributed by atoms with Crippen LogP contribution in [-0.4, -0.2) is 61.1 Å². The Bertz CT molecular complexity index is 506. The number of furan rings is 1. The largest absolute Gasteiger partial charge is 0.466 e. The molecule has 1 aromatic heterocycles. The van der Waals surface area contributed by atoms with Crippen molar-refractivity contribution in [2.75, 3.05) is 39.4 Å². The Morgan fingerprint density at radius 2 is 2.00 bits per heavy atom. The molecule has 0 spiro atoms. The van der Waals surface area contributed by atoms with Gasteiger partial charge in [-0.15, -0.1) is 0 Å². The first-order valence-electron chi connectivity index (χ1n) is 7.83. The van der Waals surface area contributed by atoms with E-state index in [0.29, 0.717) is 6.04 Å². The van der Waals surface area contributed by atoms with Gasteiger partial charge in [-0.25, -0.2) is 0 Å². The summed E-state index contributed by atoms with van der Waals surface area (Å²) in [6.45, 7) is 9.01. The van der Waals surface area contributed by atoms with Gasteiger partial charge in [0.1, 0.15) is 11.5 Å². The Kier molecular flexibility index (Phi) is 4.31. The predicted molar refractivity (Wildman–Crippen MR) is 79.5 cm³/mol. The van der Waals surface area contributed by atoms with Crippen LogP contribution in [0.1, 0.15) is 34.7 Å². The lowest BCUT2D eigenvalue weighted by molar-refractivity contribution is -0.00123. The lowest BCUT2D eigenvalue weighted by Crippen LogP contribution is -2.52. The van der Waals surface area contributed by atoms with Crippen LogP contribution in [0, 0.1) is 13.8 Å². The molecular weight excluding hydrogens is 268 g/mol. The zero-order chi connectivity index (χ0) is 14.8. The molecule has 0 saturated carbocycles. The van der Waals surface area contributed by atoms with E-state index >= 15 is 0 Å². The van der Waals surface area contributed by atoms with Gasteiger partial charge >= 0.3 is 0 Å². The number of hydrogen-bond acceptors (Lipinski definition) is 4. The van der Waals surface area contributed by atoms with Crippen molar-refractivity contribution in [1.29, 1.82) is 0 Å². The van der Waals surface area contributed by atoms with Crippen LogP contribution in [0.5, 0.6) is 0 Å². The van der Waals surface area contributed by atoms with E-state index in [0.717, 1.165) is 62.9 Å². The number of amides is 1. The van der Waals surface area contributed by atoms with Crippen LogP contribution >= 0.6 is 0 Å². The standard InChI is InChI=1S/C16H24N2O3/c1-12-10-15(13(2)21-12)16(19)18-5-3-4-14(11-18)17-6-8-20-9-7-17/h10,14H,3-9,11H2,1-2H3/t14-/m1/s1. The van der Waals surface area contributed by atoms with E-state index in [9.17, 15) is 4.79 Å². The summed E-state index contributed by atoms with van der Waals surface area (Å²) in [7, 11) is 0. The molecule has 0 aliphatic carbocycles. The third-order valence-electron chi connectivity index (χ3n) is 4.52. The Morgan fingerprint density at radius 1 is 1.24 bits per heavy atom. The molecule has 2 fully saturated rings. The van der Waals surface area contributed by atoms with Crippen LogP contribution in [0.4, 0.5) is 0 Å². The van der Waals surface area contributed by atoms with E-state index in [1.807, 2.05) is 24.8 Å². The van der Waals surface area contributed by atoms with Crippen molar-refractivity contribution in [3.05, 3.63) is 23.2 Å². The highest BCUT2D eigenvalue weighted by Gasteiger charge is 2.30. The third kappa shape index (κ3) is 3.14. The molecule has 3 heterocycles. The maximum absolute atomic E-state index is 12.7. The molecule has 1 aromatic rings. The highest BCUT2D eigenvalue weighted by atomic mass is 16.5. The SMILES string of the molecule is Cc1cc(C(=O)N2CCC[C@@H](N3CCOCC3)C2)c(C)o1. The molecule has 21 heavy (non-hydrogen) atoms. The number of carbonyl (C=O) groups is 1. The number of hydrogen-bond donors (Lipinski definition) is 0. The minimum Gasteiger partial charge on any atom is -0.466 e. The number of likely N-dealkylation sites (tertiary alicyclic amines) is 1. The second-order valence-electron chi connectivity index (χ2n) is 6.02. The summed E-state index contributed by atoms with van der Waals surface area (Å²) in [6, 6.07) is 2.33. The fourth-order valence-corrected chi connectivity index (χ4v) is 3.39. The normalized spacial score (nSPS) is 24.3. The van der Waals surface area contributed by atoms with Crippen molar-refractivity contribution in [2.45, 2.75) is 32.7 Å². The molecule has 116 valence electrons. The van der Waals surface area contributed by atoms with Crippen LogP contribution < -0.4 is 0 Å². The van der Waals surface area contributed by atoms with E-state index in [-0.39, 0.29) is 5.91 Å². The molecule has 0 unspecified atom stereocenters. The Balaban J connectivity index is 1.67. The van der Waals surface area contributed by atoms with Crippen molar-refractivity contribution < 1.29 is 13.9 Å². The first-order valence-corrected chi connectivity index (χ1v) is 7.83. The number of piperidine rings is 1. The summed E-state index contributed by atoms with van der Waals surface area (Å²) in [5.74, 6) is 1.64. The van der Waals surface area contributed by atoms with Gasteiger partial charge in [0.2, 0.25) is 0 Å². The number of morpholine rings is 1. The lowest BCUT2D eigenvalue weighted by atomic mass is 10.0. The van der Waals surface area contributed by atoms with E-state index in [4.69, 9.17) is 9.15 Å². The maximum atomic E-state index is 12.7. The molecule has 0 N–H and O–H groups in total. The van der Waals surface area contributed by atoms with Crippen LogP contribution in [0.15, 0.2) is 10.5 Å². The fraction of sp³-hybridized carbons (Fsp3) is 0.688. The van der Waals surface area contributed by atoms with Gasteiger partial charge < -0.3 is 14.1 Å². The number of carbonyl (C=O) groups excluding carboxylic acids is 1. The summed E-state index contributed by atoms with van der Waals surface area (Å²) in [6.07, 6.45) is 2.25. The molecule has 0 radical (unpaired) electrons. The number of nitrogens with zero attached hydrogens (tertiary/aromatic N) is 2. The summed E-state index contributed by atoms with van der Waals surface area (Å²) in [5, 5.41) is 0. The maximum Gasteiger partial charge on any atom is 0.257 e. The van der Waals surface area contributed by atoms with E-state index < -0.39 is 0 Å². The molecule has 2 aliphatic heterocycles. The Labute approximate surface area is 125 Å². The van der Waals surface area contributed by atoms with Gasteiger partial charge in [0, 0.05) is 32.2 Å². The molecule has 3 rings (SSSR count). The van der Waals surface area contributed by atoms with Gasteiger partial charge in [-0.05, 0) is 32.8 Å². The van der Waals surface area contributed by atoms with Crippen LogP contribution in [0.2, 0.25) is 0 Å². The summed E-state index contributed by atoms with van der Waals surface area (Å²) >= 11 is 0. The molecule has 1 atom stereocenters. The first kappa shape index (κ1) is 14.6. The van der Waals surface area contributed by atoms with Gasteiger partial charge in [0.15, 0.2) is 0 Å². The van der Waals surface area contributed by atoms with Crippen molar-refractivity contribution in [2.24, 2.45) is 0 Å². The summed E-state index contributed by atoms with van der Waals surface area (Å²) < 4.78 is 10.9. The van der Waals surface area contributed by atoms with Crippen molar-refractivity contribution in [1.82, 2.24) is 9.80 Å². The molecular formula is C16H24N2O3. The van der Waals surface area contributed by atoms with Gasteiger partial charge in [-0.2, -0.15) is 0 Å². The number of aryl methyl sites for hydroxylation is 2. The molecule has 5 nitrogen and oxygen atoms in total. The topological polar surface area (TPSA) is 45.9 Å². The molecule has 5 heteroatoms. The van der Waals surface area contributed by atoms with E-state index in [1.54, 1.807) is 0 Å². The minimum absolute atomic E-state index is 0.113. The van der Waals surface area contributed by atoms with E-state index in [1.165, 1.54) is 6.42 Å². The quantitative estimate of drug-likeness (QED) is 0.834. The monoisotopic (exact) mass is 292 g/mol. The molecule has 2 saturated heterocycles. The van der Waals surface area contributed by atoms with Gasteiger partial charge in [0.25, 0.3) is 5.91 Å². The van der Waals surface area contributed by atoms with E-state index in [2.05, 4.69) is 4.90 Å². The predicted octanol–water partition coefficient (Wildman–Crippen LogP) is 1.83. The summed E-state index contributed by atoms with van der Waals surface area (Å²) in [4.78, 5) is 17.1. The minimum atomic E-state index is 0.113. The van der Waals surface area contributed by atoms with Crippen LogP contribution in [0.3, 0.4) is 0 Å². The van der Waals surface area contributed by atoms with Gasteiger partial charge in [-0.1, -0.05) is 0 Å². The highest BCUT2D eigenvalue weighted by Crippen LogP contribution is 2.21. The first-order chi connectivity index (χ1) is 10.1. The molecule has 0 bridgehead atoms. The zero-order valence-electron chi connectivity index (χ0n) is 12.9. The molecule has 2 aliphatic rings. The Morgan fingerprint density at radius 3 is 2.67 bits per heavy atom.